The number of nitrogens with two attached hydrogens (primary N) is 1. The zero-order chi connectivity index (χ0) is 21.1. The SMILES string of the molecule is CC(=O)N(C)c1ccc(-c2cc(Nc3ccc(Cl)cc3CF)ccc2O)nc1N. The van der Waals surface area contributed by atoms with Gasteiger partial charge in [0.15, 0.2) is 0 Å². The van der Waals surface area contributed by atoms with E-state index < -0.39 is 6.67 Å². The van der Waals surface area contributed by atoms with Gasteiger partial charge in [0.2, 0.25) is 5.91 Å². The summed E-state index contributed by atoms with van der Waals surface area (Å²) in [5.74, 6) is -0.000696. The Hall–Kier alpha value is -3.32. The number of anilines is 4. The molecule has 29 heavy (non-hydrogen) atoms. The standard InChI is InChI=1S/C21H20ClFN4O2/c1-12(28)27(2)19-7-6-18(26-21(19)24)16-10-15(4-8-20(16)29)25-17-5-3-14(22)9-13(17)11-23/h3-10,25,29H,11H2,1-2H3,(H2,24,26). The molecule has 0 aliphatic carbocycles. The van der Waals surface area contributed by atoms with Crippen LogP contribution in [0, 0.1) is 0 Å². The molecule has 2 aromatic carbocycles. The van der Waals surface area contributed by atoms with Crippen LogP contribution in [0.15, 0.2) is 48.5 Å². The van der Waals surface area contributed by atoms with E-state index in [2.05, 4.69) is 10.3 Å². The predicted octanol–water partition coefficient (Wildman–Crippen LogP) is 4.89. The summed E-state index contributed by atoms with van der Waals surface area (Å²) in [6.45, 7) is 0.758. The third-order valence-corrected chi connectivity index (χ3v) is 4.73. The van der Waals surface area contributed by atoms with Crippen LogP contribution >= 0.6 is 11.6 Å². The molecule has 1 heterocycles. The molecule has 8 heteroatoms. The number of aromatic hydroxyl groups is 1. The summed E-state index contributed by atoms with van der Waals surface area (Å²) in [5.41, 5.74) is 8.97. The van der Waals surface area contributed by atoms with E-state index in [4.69, 9.17) is 17.3 Å². The van der Waals surface area contributed by atoms with E-state index in [1.54, 1.807) is 49.5 Å². The van der Waals surface area contributed by atoms with Gasteiger partial charge in [0.05, 0.1) is 11.4 Å². The van der Waals surface area contributed by atoms with Crippen LogP contribution in [0.3, 0.4) is 0 Å². The van der Waals surface area contributed by atoms with Gasteiger partial charge < -0.3 is 21.1 Å². The van der Waals surface area contributed by atoms with Crippen molar-refractivity contribution in [2.24, 2.45) is 0 Å². The molecular weight excluding hydrogens is 395 g/mol. The summed E-state index contributed by atoms with van der Waals surface area (Å²) in [4.78, 5) is 17.3. The maximum absolute atomic E-state index is 13.3. The molecule has 150 valence electrons. The highest BCUT2D eigenvalue weighted by Gasteiger charge is 2.14. The van der Waals surface area contributed by atoms with E-state index in [0.29, 0.717) is 38.9 Å². The fraction of sp³-hybridized carbons (Fsp3) is 0.143. The van der Waals surface area contributed by atoms with Crippen molar-refractivity contribution in [1.82, 2.24) is 4.98 Å². The molecule has 0 atom stereocenters. The Morgan fingerprint density at radius 2 is 2.00 bits per heavy atom. The number of phenolic OH excluding ortho intramolecular Hbond substituents is 1. The van der Waals surface area contributed by atoms with Crippen molar-refractivity contribution < 1.29 is 14.3 Å². The van der Waals surface area contributed by atoms with Gasteiger partial charge in [0.1, 0.15) is 18.2 Å². The molecule has 3 aromatic rings. The molecule has 0 aliphatic rings. The first-order valence-electron chi connectivity index (χ1n) is 8.75. The number of aromatic nitrogens is 1. The van der Waals surface area contributed by atoms with E-state index >= 15 is 0 Å². The smallest absolute Gasteiger partial charge is 0.223 e. The van der Waals surface area contributed by atoms with Gasteiger partial charge in [0.25, 0.3) is 0 Å². The van der Waals surface area contributed by atoms with Crippen molar-refractivity contribution in [3.8, 4) is 17.0 Å². The molecule has 0 spiro atoms. The highest BCUT2D eigenvalue weighted by Crippen LogP contribution is 2.34. The van der Waals surface area contributed by atoms with Gasteiger partial charge >= 0.3 is 0 Å². The minimum absolute atomic E-state index is 0.0111. The van der Waals surface area contributed by atoms with Crippen molar-refractivity contribution in [1.29, 1.82) is 0 Å². The van der Waals surface area contributed by atoms with Crippen molar-refractivity contribution in [3.05, 3.63) is 59.1 Å². The number of hydrogen-bond acceptors (Lipinski definition) is 5. The van der Waals surface area contributed by atoms with Crippen molar-refractivity contribution >= 4 is 40.4 Å². The average molecular weight is 415 g/mol. The molecule has 1 amide bonds. The maximum Gasteiger partial charge on any atom is 0.223 e. The summed E-state index contributed by atoms with van der Waals surface area (Å²) < 4.78 is 13.3. The average Bonchev–Trinajstić information content (AvgIpc) is 2.70. The Balaban J connectivity index is 1.96. The molecule has 0 bridgehead atoms. The molecule has 1 aromatic heterocycles. The summed E-state index contributed by atoms with van der Waals surface area (Å²) in [7, 11) is 1.60. The van der Waals surface area contributed by atoms with Gasteiger partial charge in [-0.05, 0) is 48.5 Å². The Morgan fingerprint density at radius 1 is 1.24 bits per heavy atom. The van der Waals surface area contributed by atoms with Crippen LogP contribution < -0.4 is 16.0 Å². The Labute approximate surface area is 172 Å². The second-order valence-corrected chi connectivity index (χ2v) is 6.91. The van der Waals surface area contributed by atoms with Gasteiger partial charge in [-0.3, -0.25) is 4.79 Å². The number of benzene rings is 2. The number of halogens is 2. The lowest BCUT2D eigenvalue weighted by molar-refractivity contribution is -0.116. The second kappa shape index (κ2) is 8.36. The third kappa shape index (κ3) is 4.41. The Kier molecular flexibility index (Phi) is 5.89. The van der Waals surface area contributed by atoms with Crippen LogP contribution in [-0.2, 0) is 11.5 Å². The van der Waals surface area contributed by atoms with E-state index in [0.717, 1.165) is 0 Å². The van der Waals surface area contributed by atoms with Crippen molar-refractivity contribution in [2.75, 3.05) is 23.0 Å². The van der Waals surface area contributed by atoms with Gasteiger partial charge in [0, 0.05) is 41.5 Å². The number of rotatable bonds is 5. The van der Waals surface area contributed by atoms with Gasteiger partial charge in [-0.25, -0.2) is 9.37 Å². The maximum atomic E-state index is 13.3. The lowest BCUT2D eigenvalue weighted by atomic mass is 10.1. The number of hydrogen-bond donors (Lipinski definition) is 3. The number of nitrogen functional groups attached to an aromatic ring is 1. The van der Waals surface area contributed by atoms with Crippen molar-refractivity contribution in [2.45, 2.75) is 13.6 Å². The largest absolute Gasteiger partial charge is 0.507 e. The number of alkyl halides is 1. The number of carbonyl (C=O) groups excluding carboxylic acids is 1. The third-order valence-electron chi connectivity index (χ3n) is 4.50. The molecule has 6 nitrogen and oxygen atoms in total. The van der Waals surface area contributed by atoms with Crippen LogP contribution in [0.4, 0.5) is 27.3 Å². The fourth-order valence-electron chi connectivity index (χ4n) is 2.84. The molecule has 0 aliphatic heterocycles. The normalized spacial score (nSPS) is 10.6. The fourth-order valence-corrected chi connectivity index (χ4v) is 3.03. The molecular formula is C21H20ClFN4O2. The van der Waals surface area contributed by atoms with Gasteiger partial charge in [-0.2, -0.15) is 0 Å². The molecule has 0 saturated heterocycles. The van der Waals surface area contributed by atoms with Crippen LogP contribution in [0.25, 0.3) is 11.3 Å². The topological polar surface area (TPSA) is 91.5 Å². The molecule has 0 unspecified atom stereocenters. The molecule has 0 fully saturated rings. The zero-order valence-corrected chi connectivity index (χ0v) is 16.7. The molecule has 0 saturated carbocycles. The summed E-state index contributed by atoms with van der Waals surface area (Å²) in [6, 6.07) is 13.1. The van der Waals surface area contributed by atoms with E-state index in [1.807, 2.05) is 0 Å². The molecule has 0 radical (unpaired) electrons. The quantitative estimate of drug-likeness (QED) is 0.517. The number of nitrogens with zero attached hydrogens (tertiary/aromatic N) is 2. The van der Waals surface area contributed by atoms with E-state index in [-0.39, 0.29) is 17.5 Å². The Bertz CT molecular complexity index is 1070. The Morgan fingerprint density at radius 3 is 2.66 bits per heavy atom. The highest BCUT2D eigenvalue weighted by molar-refractivity contribution is 6.30. The number of nitrogens with one attached hydrogen (secondary N) is 1. The second-order valence-electron chi connectivity index (χ2n) is 6.47. The van der Waals surface area contributed by atoms with Crippen LogP contribution in [0.5, 0.6) is 5.75 Å². The summed E-state index contributed by atoms with van der Waals surface area (Å²) in [6.07, 6.45) is 0. The number of carbonyl (C=O) groups is 1. The molecule has 3 rings (SSSR count). The zero-order valence-electron chi connectivity index (χ0n) is 15.9. The van der Waals surface area contributed by atoms with Gasteiger partial charge in [-0.15, -0.1) is 0 Å². The predicted molar refractivity (Wildman–Crippen MR) is 114 cm³/mol. The minimum Gasteiger partial charge on any atom is -0.507 e. The minimum atomic E-state index is -0.670. The lowest BCUT2D eigenvalue weighted by Gasteiger charge is -2.17. The van der Waals surface area contributed by atoms with Crippen LogP contribution in [0.1, 0.15) is 12.5 Å². The van der Waals surface area contributed by atoms with E-state index in [9.17, 15) is 14.3 Å². The van der Waals surface area contributed by atoms with E-state index in [1.165, 1.54) is 17.9 Å². The van der Waals surface area contributed by atoms with Crippen LogP contribution in [0.2, 0.25) is 5.02 Å². The van der Waals surface area contributed by atoms with Crippen molar-refractivity contribution in [3.63, 3.8) is 0 Å². The molecule has 4 N–H and O–H groups in total. The highest BCUT2D eigenvalue weighted by atomic mass is 35.5. The first-order chi connectivity index (χ1) is 13.8. The lowest BCUT2D eigenvalue weighted by Crippen LogP contribution is -2.24. The number of pyridine rings is 1. The first-order valence-corrected chi connectivity index (χ1v) is 9.13. The number of phenols is 1. The van der Waals surface area contributed by atoms with Crippen LogP contribution in [-0.4, -0.2) is 23.0 Å². The van der Waals surface area contributed by atoms with Gasteiger partial charge in [-0.1, -0.05) is 11.6 Å². The monoisotopic (exact) mass is 414 g/mol. The summed E-state index contributed by atoms with van der Waals surface area (Å²) >= 11 is 5.92. The summed E-state index contributed by atoms with van der Waals surface area (Å²) in [5, 5.41) is 13.9. The first kappa shape index (κ1) is 20.4. The number of amides is 1.